The number of aldehydes is 1. The topological polar surface area (TPSA) is 99.1 Å². The molecule has 2 rings (SSSR count). The van der Waals surface area contributed by atoms with Crippen LogP contribution in [0.4, 0.5) is 0 Å². The van der Waals surface area contributed by atoms with Crippen LogP contribution in [0.1, 0.15) is 19.8 Å². The molecule has 7 heteroatoms. The first-order chi connectivity index (χ1) is 12.7. The van der Waals surface area contributed by atoms with E-state index in [1.807, 2.05) is 0 Å². The Morgan fingerprint density at radius 1 is 1.41 bits per heavy atom. The van der Waals surface area contributed by atoms with E-state index in [1.54, 1.807) is 0 Å². The second-order valence-corrected chi connectivity index (χ2v) is 6.72. The molecular formula is C20H24O7. The minimum Gasteiger partial charge on any atom is -0.455 e. The molecule has 27 heavy (non-hydrogen) atoms. The SMILES string of the molecule is C=C(C)C(=O)OC1C=C(C=O)C(OC)CCC(=C)C(O)C2OC(=O)C(=C)C12. The molecule has 0 bridgehead atoms. The molecule has 0 amide bonds. The van der Waals surface area contributed by atoms with Crippen LogP contribution in [0.5, 0.6) is 0 Å². The third-order valence-electron chi connectivity index (χ3n) is 4.81. The number of methoxy groups -OCH3 is 1. The average molecular weight is 376 g/mol. The summed E-state index contributed by atoms with van der Waals surface area (Å²) in [5, 5.41) is 10.6. The Balaban J connectivity index is 2.58. The monoisotopic (exact) mass is 376 g/mol. The fourth-order valence-corrected chi connectivity index (χ4v) is 3.22. The Morgan fingerprint density at radius 3 is 2.63 bits per heavy atom. The fraction of sp³-hybridized carbons (Fsp3) is 0.450. The number of rotatable bonds is 4. The lowest BCUT2D eigenvalue weighted by molar-refractivity contribution is -0.148. The maximum Gasteiger partial charge on any atom is 0.334 e. The van der Waals surface area contributed by atoms with Crippen molar-refractivity contribution in [1.29, 1.82) is 0 Å². The summed E-state index contributed by atoms with van der Waals surface area (Å²) in [7, 11) is 1.45. The molecule has 5 atom stereocenters. The predicted octanol–water partition coefficient (Wildman–Crippen LogP) is 1.42. The zero-order valence-corrected chi connectivity index (χ0v) is 15.5. The van der Waals surface area contributed by atoms with E-state index in [0.29, 0.717) is 24.7 Å². The van der Waals surface area contributed by atoms with Crippen LogP contribution in [0.2, 0.25) is 0 Å². The molecule has 0 aromatic heterocycles. The van der Waals surface area contributed by atoms with Gasteiger partial charge in [0.1, 0.15) is 24.6 Å². The Hall–Kier alpha value is -2.51. The van der Waals surface area contributed by atoms with Gasteiger partial charge < -0.3 is 19.3 Å². The number of fused-ring (bicyclic) bond motifs is 1. The molecule has 1 aliphatic heterocycles. The third-order valence-corrected chi connectivity index (χ3v) is 4.81. The summed E-state index contributed by atoms with van der Waals surface area (Å²) in [6, 6.07) is 0. The normalized spacial score (nSPS) is 31.4. The van der Waals surface area contributed by atoms with Crippen molar-refractivity contribution >= 4 is 18.2 Å². The standard InChI is InChI=1S/C20H24O7/c1-10(2)19(23)26-15-8-13(9-21)14(25-5)7-6-11(3)17(22)18-16(15)12(4)20(24)27-18/h8-9,14-18,22H,1,3-4,6-7H2,2,5H3. The Kier molecular flexibility index (Phi) is 6.51. The number of carbonyl (C=O) groups excluding carboxylic acids is 3. The minimum absolute atomic E-state index is 0.0439. The van der Waals surface area contributed by atoms with Crippen LogP contribution in [0.15, 0.2) is 48.1 Å². The zero-order valence-electron chi connectivity index (χ0n) is 15.5. The van der Waals surface area contributed by atoms with Crippen LogP contribution >= 0.6 is 0 Å². The molecule has 7 nitrogen and oxygen atoms in total. The molecule has 5 unspecified atom stereocenters. The maximum atomic E-state index is 12.1. The second-order valence-electron chi connectivity index (χ2n) is 6.72. The number of aliphatic hydroxyl groups excluding tert-OH is 1. The van der Waals surface area contributed by atoms with E-state index in [4.69, 9.17) is 14.2 Å². The van der Waals surface area contributed by atoms with Crippen molar-refractivity contribution in [3.63, 3.8) is 0 Å². The Labute approximate surface area is 158 Å². The summed E-state index contributed by atoms with van der Waals surface area (Å²) >= 11 is 0. The highest BCUT2D eigenvalue weighted by atomic mass is 16.6. The van der Waals surface area contributed by atoms with E-state index >= 15 is 0 Å². The van der Waals surface area contributed by atoms with E-state index in [2.05, 4.69) is 19.7 Å². The van der Waals surface area contributed by atoms with Gasteiger partial charge >= 0.3 is 11.9 Å². The molecule has 0 radical (unpaired) electrons. The molecule has 1 aliphatic carbocycles. The van der Waals surface area contributed by atoms with Gasteiger partial charge in [-0.25, -0.2) is 9.59 Å². The number of hydrogen-bond donors (Lipinski definition) is 1. The van der Waals surface area contributed by atoms with Gasteiger partial charge in [-0.2, -0.15) is 0 Å². The lowest BCUT2D eigenvalue weighted by Crippen LogP contribution is -2.41. The number of esters is 2. The van der Waals surface area contributed by atoms with Crippen molar-refractivity contribution in [3.05, 3.63) is 48.1 Å². The van der Waals surface area contributed by atoms with Crippen molar-refractivity contribution < 1.29 is 33.7 Å². The minimum atomic E-state index is -1.17. The van der Waals surface area contributed by atoms with Gasteiger partial charge in [0.2, 0.25) is 0 Å². The molecule has 146 valence electrons. The molecule has 0 aromatic carbocycles. The fourth-order valence-electron chi connectivity index (χ4n) is 3.22. The Bertz CT molecular complexity index is 718. The summed E-state index contributed by atoms with van der Waals surface area (Å²) in [6.07, 6.45) is -1.08. The first kappa shape index (κ1) is 20.8. The number of hydrogen-bond acceptors (Lipinski definition) is 7. The van der Waals surface area contributed by atoms with Crippen molar-refractivity contribution in [3.8, 4) is 0 Å². The predicted molar refractivity (Wildman–Crippen MR) is 96.5 cm³/mol. The van der Waals surface area contributed by atoms with Crippen molar-refractivity contribution in [2.45, 2.75) is 44.2 Å². The summed E-state index contributed by atoms with van der Waals surface area (Å²) in [6.45, 7) is 12.6. The largest absolute Gasteiger partial charge is 0.455 e. The molecule has 0 saturated carbocycles. The van der Waals surface area contributed by atoms with Gasteiger partial charge in [-0.3, -0.25) is 4.79 Å². The lowest BCUT2D eigenvalue weighted by atomic mass is 9.82. The summed E-state index contributed by atoms with van der Waals surface area (Å²) in [5.41, 5.74) is 0.870. The van der Waals surface area contributed by atoms with Crippen molar-refractivity contribution in [1.82, 2.24) is 0 Å². The first-order valence-electron chi connectivity index (χ1n) is 8.52. The van der Waals surface area contributed by atoms with E-state index < -0.39 is 42.3 Å². The Morgan fingerprint density at radius 2 is 2.07 bits per heavy atom. The third kappa shape index (κ3) is 4.26. The first-order valence-corrected chi connectivity index (χ1v) is 8.52. The lowest BCUT2D eigenvalue weighted by Gasteiger charge is -2.31. The molecule has 1 saturated heterocycles. The second kappa shape index (κ2) is 8.45. The van der Waals surface area contributed by atoms with Crippen molar-refractivity contribution in [2.75, 3.05) is 7.11 Å². The molecule has 1 fully saturated rings. The van der Waals surface area contributed by atoms with Crippen LogP contribution in [0, 0.1) is 5.92 Å². The highest BCUT2D eigenvalue weighted by Gasteiger charge is 2.48. The summed E-state index contributed by atoms with van der Waals surface area (Å²) in [5.74, 6) is -2.28. The molecule has 1 N–H and O–H groups in total. The van der Waals surface area contributed by atoms with Gasteiger partial charge in [0.05, 0.1) is 12.0 Å². The van der Waals surface area contributed by atoms with Gasteiger partial charge in [0.15, 0.2) is 0 Å². The smallest absolute Gasteiger partial charge is 0.334 e. The van der Waals surface area contributed by atoms with E-state index in [0.717, 1.165) is 0 Å². The highest BCUT2D eigenvalue weighted by molar-refractivity contribution is 5.92. The van der Waals surface area contributed by atoms with Gasteiger partial charge in [-0.15, -0.1) is 0 Å². The molecular weight excluding hydrogens is 352 g/mol. The van der Waals surface area contributed by atoms with Gasteiger partial charge in [0.25, 0.3) is 0 Å². The maximum absolute atomic E-state index is 12.1. The van der Waals surface area contributed by atoms with E-state index in [-0.39, 0.29) is 16.7 Å². The zero-order chi connectivity index (χ0) is 20.3. The quantitative estimate of drug-likeness (QED) is 0.343. The van der Waals surface area contributed by atoms with E-state index in [1.165, 1.54) is 20.1 Å². The van der Waals surface area contributed by atoms with E-state index in [9.17, 15) is 19.5 Å². The summed E-state index contributed by atoms with van der Waals surface area (Å²) < 4.78 is 16.1. The molecule has 2 aliphatic rings. The average Bonchev–Trinajstić information content (AvgIpc) is 2.93. The summed E-state index contributed by atoms with van der Waals surface area (Å²) in [4.78, 5) is 35.9. The van der Waals surface area contributed by atoms with Gasteiger partial charge in [0, 0.05) is 23.8 Å². The van der Waals surface area contributed by atoms with Crippen LogP contribution in [-0.4, -0.2) is 54.9 Å². The highest BCUT2D eigenvalue weighted by Crippen LogP contribution is 2.37. The van der Waals surface area contributed by atoms with Gasteiger partial charge in [-0.05, 0) is 31.4 Å². The number of aliphatic hydroxyl groups is 1. The van der Waals surface area contributed by atoms with Crippen LogP contribution in [-0.2, 0) is 28.6 Å². The molecule has 0 spiro atoms. The van der Waals surface area contributed by atoms with Gasteiger partial charge in [-0.1, -0.05) is 19.7 Å². The van der Waals surface area contributed by atoms with Crippen molar-refractivity contribution in [2.24, 2.45) is 5.92 Å². The molecule has 0 aromatic rings. The van der Waals surface area contributed by atoms with Crippen LogP contribution in [0.25, 0.3) is 0 Å². The number of ether oxygens (including phenoxy) is 3. The van der Waals surface area contributed by atoms with Crippen LogP contribution in [0.3, 0.4) is 0 Å². The number of carbonyl (C=O) groups is 3. The van der Waals surface area contributed by atoms with Crippen LogP contribution < -0.4 is 0 Å². The molecule has 1 heterocycles.